The lowest BCUT2D eigenvalue weighted by Crippen LogP contribution is -2.40. The topological polar surface area (TPSA) is 51.1 Å². The van der Waals surface area contributed by atoms with E-state index in [-0.39, 0.29) is 6.10 Å². The van der Waals surface area contributed by atoms with Crippen molar-refractivity contribution < 1.29 is 4.74 Å². The summed E-state index contributed by atoms with van der Waals surface area (Å²) >= 11 is 0. The molecule has 1 atom stereocenters. The van der Waals surface area contributed by atoms with Crippen molar-refractivity contribution in [1.29, 1.82) is 0 Å². The Morgan fingerprint density at radius 2 is 2.00 bits per heavy atom. The average molecular weight is 338 g/mol. The van der Waals surface area contributed by atoms with Crippen LogP contribution in [0.3, 0.4) is 0 Å². The molecular weight excluding hydrogens is 312 g/mol. The molecular formula is C20H26N4O. The molecule has 1 saturated heterocycles. The first-order chi connectivity index (χ1) is 12.4. The van der Waals surface area contributed by atoms with Crippen molar-refractivity contribution in [1.82, 2.24) is 15.0 Å². The number of hydrogen-bond donors (Lipinski definition) is 0. The van der Waals surface area contributed by atoms with Gasteiger partial charge in [0, 0.05) is 43.3 Å². The third-order valence-corrected chi connectivity index (χ3v) is 5.31. The zero-order valence-corrected chi connectivity index (χ0v) is 14.7. The van der Waals surface area contributed by atoms with Crippen LogP contribution < -0.4 is 4.90 Å². The molecule has 2 aliphatic rings. The van der Waals surface area contributed by atoms with Gasteiger partial charge in [-0.2, -0.15) is 0 Å². The molecule has 5 nitrogen and oxygen atoms in total. The first-order valence-electron chi connectivity index (χ1n) is 9.47. The molecule has 0 unspecified atom stereocenters. The Hall–Kier alpha value is -2.01. The van der Waals surface area contributed by atoms with Gasteiger partial charge in [0.15, 0.2) is 0 Å². The zero-order chi connectivity index (χ0) is 16.9. The van der Waals surface area contributed by atoms with Crippen molar-refractivity contribution in [3.8, 4) is 0 Å². The SMILES string of the molecule is c1cncc(CO[C@@H]2CCCN(c3nccc(C4CCCC4)n3)C2)c1. The number of ether oxygens (including phenoxy) is 1. The molecule has 1 saturated carbocycles. The van der Waals surface area contributed by atoms with Crippen molar-refractivity contribution >= 4 is 5.95 Å². The van der Waals surface area contributed by atoms with Crippen LogP contribution in [-0.2, 0) is 11.3 Å². The second-order valence-electron chi connectivity index (χ2n) is 7.15. The van der Waals surface area contributed by atoms with Crippen molar-refractivity contribution in [2.24, 2.45) is 0 Å². The molecule has 1 aliphatic heterocycles. The normalized spacial score (nSPS) is 21.6. The number of pyridine rings is 1. The van der Waals surface area contributed by atoms with Gasteiger partial charge in [-0.3, -0.25) is 4.98 Å². The van der Waals surface area contributed by atoms with E-state index >= 15 is 0 Å². The monoisotopic (exact) mass is 338 g/mol. The Kier molecular flexibility index (Phi) is 5.21. The summed E-state index contributed by atoms with van der Waals surface area (Å²) in [5.74, 6) is 1.50. The Balaban J connectivity index is 1.38. The van der Waals surface area contributed by atoms with Gasteiger partial charge in [0.25, 0.3) is 0 Å². The lowest BCUT2D eigenvalue weighted by Gasteiger charge is -2.33. The van der Waals surface area contributed by atoms with E-state index in [4.69, 9.17) is 9.72 Å². The maximum atomic E-state index is 6.11. The van der Waals surface area contributed by atoms with E-state index in [2.05, 4.69) is 27.0 Å². The Bertz CT molecular complexity index is 672. The van der Waals surface area contributed by atoms with Gasteiger partial charge in [-0.25, -0.2) is 9.97 Å². The van der Waals surface area contributed by atoms with Crippen LogP contribution in [0.25, 0.3) is 0 Å². The van der Waals surface area contributed by atoms with E-state index in [1.54, 1.807) is 6.20 Å². The van der Waals surface area contributed by atoms with Crippen LogP contribution in [0, 0.1) is 0 Å². The van der Waals surface area contributed by atoms with Crippen LogP contribution in [0.15, 0.2) is 36.8 Å². The van der Waals surface area contributed by atoms with Gasteiger partial charge in [0.05, 0.1) is 12.7 Å². The third-order valence-electron chi connectivity index (χ3n) is 5.31. The van der Waals surface area contributed by atoms with Gasteiger partial charge in [0.1, 0.15) is 0 Å². The number of anilines is 1. The maximum absolute atomic E-state index is 6.11. The van der Waals surface area contributed by atoms with Gasteiger partial charge in [-0.05, 0) is 43.4 Å². The summed E-state index contributed by atoms with van der Waals surface area (Å²) in [6, 6.07) is 6.11. The second-order valence-corrected chi connectivity index (χ2v) is 7.15. The highest BCUT2D eigenvalue weighted by Crippen LogP contribution is 2.33. The molecule has 0 bridgehead atoms. The summed E-state index contributed by atoms with van der Waals surface area (Å²) in [7, 11) is 0. The molecule has 0 spiro atoms. The van der Waals surface area contributed by atoms with Gasteiger partial charge in [-0.15, -0.1) is 0 Å². The first kappa shape index (κ1) is 16.5. The van der Waals surface area contributed by atoms with Crippen molar-refractivity contribution in [2.45, 2.75) is 57.2 Å². The highest BCUT2D eigenvalue weighted by molar-refractivity contribution is 5.32. The minimum atomic E-state index is 0.229. The lowest BCUT2D eigenvalue weighted by atomic mass is 10.0. The predicted molar refractivity (Wildman–Crippen MR) is 97.5 cm³/mol. The summed E-state index contributed by atoms with van der Waals surface area (Å²) in [5.41, 5.74) is 2.35. The number of nitrogens with zero attached hydrogens (tertiary/aromatic N) is 4. The van der Waals surface area contributed by atoms with Gasteiger partial charge in [0.2, 0.25) is 5.95 Å². The molecule has 132 valence electrons. The molecule has 25 heavy (non-hydrogen) atoms. The fourth-order valence-corrected chi connectivity index (χ4v) is 3.92. The molecule has 0 aromatic carbocycles. The van der Waals surface area contributed by atoms with Crippen LogP contribution in [0.2, 0.25) is 0 Å². The summed E-state index contributed by atoms with van der Waals surface area (Å²) in [6.45, 7) is 2.50. The molecule has 0 radical (unpaired) electrons. The van der Waals surface area contributed by atoms with Gasteiger partial charge < -0.3 is 9.64 Å². The molecule has 0 amide bonds. The maximum Gasteiger partial charge on any atom is 0.225 e. The van der Waals surface area contributed by atoms with E-state index < -0.39 is 0 Å². The minimum absolute atomic E-state index is 0.229. The second kappa shape index (κ2) is 7.91. The van der Waals surface area contributed by atoms with Gasteiger partial charge >= 0.3 is 0 Å². The molecule has 2 aromatic rings. The first-order valence-corrected chi connectivity index (χ1v) is 9.47. The van der Waals surface area contributed by atoms with Crippen molar-refractivity contribution in [3.63, 3.8) is 0 Å². The summed E-state index contributed by atoms with van der Waals surface area (Å²) < 4.78 is 6.11. The van der Waals surface area contributed by atoms with E-state index in [1.807, 2.05) is 18.5 Å². The lowest BCUT2D eigenvalue weighted by molar-refractivity contribution is 0.0311. The minimum Gasteiger partial charge on any atom is -0.372 e. The molecule has 2 aromatic heterocycles. The Morgan fingerprint density at radius 1 is 1.08 bits per heavy atom. The fraction of sp³-hybridized carbons (Fsp3) is 0.550. The van der Waals surface area contributed by atoms with Crippen LogP contribution in [-0.4, -0.2) is 34.1 Å². The van der Waals surface area contributed by atoms with Crippen LogP contribution in [0.1, 0.15) is 55.7 Å². The van der Waals surface area contributed by atoms with Crippen LogP contribution in [0.5, 0.6) is 0 Å². The van der Waals surface area contributed by atoms with E-state index in [1.165, 1.54) is 31.4 Å². The third kappa shape index (κ3) is 4.15. The quantitative estimate of drug-likeness (QED) is 0.832. The molecule has 3 heterocycles. The van der Waals surface area contributed by atoms with Crippen LogP contribution >= 0.6 is 0 Å². The Morgan fingerprint density at radius 3 is 2.84 bits per heavy atom. The summed E-state index contributed by atoms with van der Waals surface area (Å²) in [5, 5.41) is 0. The number of aromatic nitrogens is 3. The summed E-state index contributed by atoms with van der Waals surface area (Å²) in [4.78, 5) is 15.9. The number of piperidine rings is 1. The summed E-state index contributed by atoms with van der Waals surface area (Å²) in [6.07, 6.45) is 13.2. The average Bonchev–Trinajstić information content (AvgIpc) is 3.22. The fourth-order valence-electron chi connectivity index (χ4n) is 3.92. The number of rotatable bonds is 5. The largest absolute Gasteiger partial charge is 0.372 e. The van der Waals surface area contributed by atoms with E-state index in [0.29, 0.717) is 12.5 Å². The zero-order valence-electron chi connectivity index (χ0n) is 14.7. The Labute approximate surface area is 149 Å². The molecule has 2 fully saturated rings. The highest BCUT2D eigenvalue weighted by atomic mass is 16.5. The number of hydrogen-bond acceptors (Lipinski definition) is 5. The predicted octanol–water partition coefficient (Wildman–Crippen LogP) is 3.71. The molecule has 1 aliphatic carbocycles. The standard InChI is InChI=1S/C20H26N4O/c1-2-7-17(6-1)19-9-11-22-20(23-19)24-12-4-8-18(14-24)25-15-16-5-3-10-21-13-16/h3,5,9-11,13,17-18H,1-2,4,6-8,12,14-15H2/t18-/m1/s1. The molecule has 5 heteroatoms. The van der Waals surface area contributed by atoms with Crippen molar-refractivity contribution in [2.75, 3.05) is 18.0 Å². The van der Waals surface area contributed by atoms with E-state index in [0.717, 1.165) is 37.4 Å². The van der Waals surface area contributed by atoms with Crippen molar-refractivity contribution in [3.05, 3.63) is 48.0 Å². The molecule has 0 N–H and O–H groups in total. The molecule has 4 rings (SSSR count). The van der Waals surface area contributed by atoms with E-state index in [9.17, 15) is 0 Å². The smallest absolute Gasteiger partial charge is 0.225 e. The van der Waals surface area contributed by atoms with Crippen LogP contribution in [0.4, 0.5) is 5.95 Å². The highest BCUT2D eigenvalue weighted by Gasteiger charge is 2.24. The van der Waals surface area contributed by atoms with Gasteiger partial charge in [-0.1, -0.05) is 18.9 Å².